The molecule has 96 valence electrons. The lowest BCUT2D eigenvalue weighted by molar-refractivity contribution is 0.0612. The van der Waals surface area contributed by atoms with Crippen LogP contribution in [0.3, 0.4) is 0 Å². The van der Waals surface area contributed by atoms with Crippen molar-refractivity contribution in [2.45, 2.75) is 46.1 Å². The first-order valence-electron chi connectivity index (χ1n) is 6.43. The van der Waals surface area contributed by atoms with Gasteiger partial charge in [-0.25, -0.2) is 4.79 Å². The summed E-state index contributed by atoms with van der Waals surface area (Å²) >= 11 is 0. The lowest BCUT2D eigenvalue weighted by Crippen LogP contribution is -2.40. The highest BCUT2D eigenvalue weighted by Gasteiger charge is 2.26. The normalized spacial score (nSPS) is 18.9. The van der Waals surface area contributed by atoms with Crippen molar-refractivity contribution in [2.24, 2.45) is 11.8 Å². The maximum atomic E-state index is 11.7. The average Bonchev–Trinajstić information content (AvgIpc) is 2.28. The number of carbonyl (C=O) groups is 1. The Morgan fingerprint density at radius 2 is 2.00 bits per heavy atom. The molecule has 1 atom stereocenters. The fourth-order valence-corrected chi connectivity index (χ4v) is 2.28. The van der Waals surface area contributed by atoms with E-state index in [0.717, 1.165) is 32.4 Å². The predicted molar refractivity (Wildman–Crippen MR) is 68.5 cm³/mol. The van der Waals surface area contributed by atoms with Gasteiger partial charge >= 0.3 is 6.09 Å². The van der Waals surface area contributed by atoms with Gasteiger partial charge in [0.2, 0.25) is 0 Å². The van der Waals surface area contributed by atoms with Gasteiger partial charge in [-0.15, -0.1) is 12.3 Å². The van der Waals surface area contributed by atoms with Gasteiger partial charge in [-0.1, -0.05) is 6.92 Å². The topological polar surface area (TPSA) is 29.5 Å². The van der Waals surface area contributed by atoms with E-state index >= 15 is 0 Å². The number of nitrogens with zero attached hydrogens (tertiary/aromatic N) is 1. The molecule has 1 unspecified atom stereocenters. The first kappa shape index (κ1) is 13.9. The van der Waals surface area contributed by atoms with Gasteiger partial charge in [0.25, 0.3) is 0 Å². The molecule has 0 radical (unpaired) electrons. The Hall–Kier alpha value is -1.17. The molecular formula is C14H23NO2. The molecule has 17 heavy (non-hydrogen) atoms. The second kappa shape index (κ2) is 6.54. The standard InChI is InChI=1S/C14H23NO2/c1-5-6-12(4)13-7-9-15(10-8-13)14(16)17-11(2)3/h1,11-13H,6-10H2,2-4H3. The van der Waals surface area contributed by atoms with Gasteiger partial charge in [-0.3, -0.25) is 0 Å². The highest BCUT2D eigenvalue weighted by molar-refractivity contribution is 5.67. The van der Waals surface area contributed by atoms with Crippen molar-refractivity contribution >= 4 is 6.09 Å². The summed E-state index contributed by atoms with van der Waals surface area (Å²) in [7, 11) is 0. The van der Waals surface area contributed by atoms with E-state index in [-0.39, 0.29) is 12.2 Å². The molecule has 0 aromatic carbocycles. The van der Waals surface area contributed by atoms with Crippen molar-refractivity contribution in [3.05, 3.63) is 0 Å². The number of carbonyl (C=O) groups excluding carboxylic acids is 1. The average molecular weight is 237 g/mol. The summed E-state index contributed by atoms with van der Waals surface area (Å²) < 4.78 is 5.19. The zero-order valence-electron chi connectivity index (χ0n) is 11.1. The van der Waals surface area contributed by atoms with Crippen LogP contribution in [0.25, 0.3) is 0 Å². The molecule has 1 fully saturated rings. The number of terminal acetylenes is 1. The molecule has 3 nitrogen and oxygen atoms in total. The molecule has 1 amide bonds. The van der Waals surface area contributed by atoms with Crippen molar-refractivity contribution in [1.82, 2.24) is 4.90 Å². The van der Waals surface area contributed by atoms with Crippen molar-refractivity contribution in [2.75, 3.05) is 13.1 Å². The highest BCUT2D eigenvalue weighted by atomic mass is 16.6. The summed E-state index contributed by atoms with van der Waals surface area (Å²) in [4.78, 5) is 13.5. The summed E-state index contributed by atoms with van der Waals surface area (Å²) in [5.74, 6) is 3.93. The van der Waals surface area contributed by atoms with E-state index in [1.54, 1.807) is 4.90 Å². The Balaban J connectivity index is 2.35. The number of rotatable bonds is 3. The number of likely N-dealkylation sites (tertiary alicyclic amines) is 1. The molecule has 3 heteroatoms. The second-order valence-electron chi connectivity index (χ2n) is 5.14. The van der Waals surface area contributed by atoms with Crippen LogP contribution in [-0.4, -0.2) is 30.2 Å². The Bertz CT molecular complexity index is 285. The third kappa shape index (κ3) is 4.30. The summed E-state index contributed by atoms with van der Waals surface area (Å²) in [6, 6.07) is 0. The molecule has 0 bridgehead atoms. The molecule has 0 aromatic rings. The monoisotopic (exact) mass is 237 g/mol. The minimum Gasteiger partial charge on any atom is -0.447 e. The SMILES string of the molecule is C#CCC(C)C1CCN(C(=O)OC(C)C)CC1. The summed E-state index contributed by atoms with van der Waals surface area (Å²) in [5.41, 5.74) is 0. The van der Waals surface area contributed by atoms with Gasteiger partial charge in [0.15, 0.2) is 0 Å². The van der Waals surface area contributed by atoms with Crippen molar-refractivity contribution in [3.63, 3.8) is 0 Å². The van der Waals surface area contributed by atoms with Crippen LogP contribution in [-0.2, 0) is 4.74 Å². The van der Waals surface area contributed by atoms with E-state index < -0.39 is 0 Å². The Morgan fingerprint density at radius 3 is 2.47 bits per heavy atom. The minimum atomic E-state index is -0.178. The maximum Gasteiger partial charge on any atom is 0.410 e. The van der Waals surface area contributed by atoms with Crippen LogP contribution in [0.1, 0.15) is 40.0 Å². The molecule has 1 rings (SSSR count). The zero-order chi connectivity index (χ0) is 12.8. The van der Waals surface area contributed by atoms with Crippen LogP contribution in [0, 0.1) is 24.2 Å². The van der Waals surface area contributed by atoms with Gasteiger partial charge in [0.1, 0.15) is 0 Å². The summed E-state index contributed by atoms with van der Waals surface area (Å²) in [5, 5.41) is 0. The van der Waals surface area contributed by atoms with Crippen LogP contribution >= 0.6 is 0 Å². The van der Waals surface area contributed by atoms with E-state index in [0.29, 0.717) is 11.8 Å². The van der Waals surface area contributed by atoms with E-state index in [9.17, 15) is 4.79 Å². The van der Waals surface area contributed by atoms with Crippen LogP contribution < -0.4 is 0 Å². The van der Waals surface area contributed by atoms with Crippen molar-refractivity contribution in [3.8, 4) is 12.3 Å². The Kier molecular flexibility index (Phi) is 5.34. The molecule has 0 N–H and O–H groups in total. The fraction of sp³-hybridized carbons (Fsp3) is 0.786. The van der Waals surface area contributed by atoms with Crippen LogP contribution in [0.2, 0.25) is 0 Å². The quantitative estimate of drug-likeness (QED) is 0.706. The fourth-order valence-electron chi connectivity index (χ4n) is 2.28. The maximum absolute atomic E-state index is 11.7. The highest BCUT2D eigenvalue weighted by Crippen LogP contribution is 2.27. The summed E-state index contributed by atoms with van der Waals surface area (Å²) in [6.07, 6.45) is 8.02. The molecule has 1 heterocycles. The largest absolute Gasteiger partial charge is 0.447 e. The van der Waals surface area contributed by atoms with E-state index in [1.165, 1.54) is 0 Å². The molecule has 0 aromatic heterocycles. The van der Waals surface area contributed by atoms with Gasteiger partial charge < -0.3 is 9.64 Å². The molecule has 1 aliphatic heterocycles. The molecular weight excluding hydrogens is 214 g/mol. The van der Waals surface area contributed by atoms with Crippen LogP contribution in [0.4, 0.5) is 4.79 Å². The third-order valence-corrected chi connectivity index (χ3v) is 3.38. The lowest BCUT2D eigenvalue weighted by atomic mass is 9.84. The number of hydrogen-bond acceptors (Lipinski definition) is 2. The zero-order valence-corrected chi connectivity index (χ0v) is 11.1. The molecule has 1 aliphatic rings. The first-order valence-corrected chi connectivity index (χ1v) is 6.43. The van der Waals surface area contributed by atoms with E-state index in [1.807, 2.05) is 13.8 Å². The van der Waals surface area contributed by atoms with Crippen molar-refractivity contribution in [1.29, 1.82) is 0 Å². The first-order chi connectivity index (χ1) is 8.04. The van der Waals surface area contributed by atoms with Crippen LogP contribution in [0.5, 0.6) is 0 Å². The lowest BCUT2D eigenvalue weighted by Gasteiger charge is -2.34. The van der Waals surface area contributed by atoms with Crippen LogP contribution in [0.15, 0.2) is 0 Å². The van der Waals surface area contributed by atoms with Crippen molar-refractivity contribution < 1.29 is 9.53 Å². The van der Waals surface area contributed by atoms with Gasteiger partial charge in [0.05, 0.1) is 6.10 Å². The predicted octanol–water partition coefficient (Wildman–Crippen LogP) is 2.90. The number of ether oxygens (including phenoxy) is 1. The molecule has 0 spiro atoms. The molecule has 0 saturated carbocycles. The third-order valence-electron chi connectivity index (χ3n) is 3.38. The van der Waals surface area contributed by atoms with Gasteiger partial charge in [-0.2, -0.15) is 0 Å². The number of hydrogen-bond donors (Lipinski definition) is 0. The number of amides is 1. The smallest absolute Gasteiger partial charge is 0.410 e. The van der Waals surface area contributed by atoms with Gasteiger partial charge in [-0.05, 0) is 38.5 Å². The second-order valence-corrected chi connectivity index (χ2v) is 5.14. The minimum absolute atomic E-state index is 0.0411. The molecule has 1 saturated heterocycles. The number of piperidine rings is 1. The molecule has 0 aliphatic carbocycles. The van der Waals surface area contributed by atoms with Gasteiger partial charge in [0, 0.05) is 19.5 Å². The van der Waals surface area contributed by atoms with E-state index in [4.69, 9.17) is 11.2 Å². The summed E-state index contributed by atoms with van der Waals surface area (Å²) in [6.45, 7) is 7.54. The van der Waals surface area contributed by atoms with E-state index in [2.05, 4.69) is 12.8 Å². The Labute approximate surface area is 105 Å². The Morgan fingerprint density at radius 1 is 1.41 bits per heavy atom.